The van der Waals surface area contributed by atoms with Gasteiger partial charge in [-0.25, -0.2) is 4.98 Å². The van der Waals surface area contributed by atoms with Crippen molar-refractivity contribution in [2.24, 2.45) is 0 Å². The Bertz CT molecular complexity index is 909. The lowest BCUT2D eigenvalue weighted by atomic mass is 10.2. The third-order valence-electron chi connectivity index (χ3n) is 5.28. The zero-order chi connectivity index (χ0) is 22.2. The predicted molar refractivity (Wildman–Crippen MR) is 120 cm³/mol. The SMILES string of the molecule is COc1ccc(-c2nc(C[S@](=O)CC(=O)NCCCN3CCCC3)c(C)o2)cc1OC. The van der Waals surface area contributed by atoms with Crippen molar-refractivity contribution in [1.82, 2.24) is 15.2 Å². The van der Waals surface area contributed by atoms with Crippen LogP contribution < -0.4 is 14.8 Å². The molecule has 1 saturated heterocycles. The Kier molecular flexibility index (Phi) is 8.48. The van der Waals surface area contributed by atoms with Crippen molar-refractivity contribution in [3.63, 3.8) is 0 Å². The van der Waals surface area contributed by atoms with E-state index in [1.807, 2.05) is 6.07 Å². The first kappa shape index (κ1) is 23.3. The molecule has 170 valence electrons. The maximum Gasteiger partial charge on any atom is 0.232 e. The highest BCUT2D eigenvalue weighted by Gasteiger charge is 2.17. The zero-order valence-electron chi connectivity index (χ0n) is 18.4. The number of amides is 1. The fourth-order valence-electron chi connectivity index (χ4n) is 3.59. The van der Waals surface area contributed by atoms with Crippen LogP contribution in [-0.4, -0.2) is 66.2 Å². The molecule has 0 unspecified atom stereocenters. The number of aromatic nitrogens is 1. The van der Waals surface area contributed by atoms with Gasteiger partial charge in [0.15, 0.2) is 11.5 Å². The van der Waals surface area contributed by atoms with Gasteiger partial charge in [-0.3, -0.25) is 9.00 Å². The number of likely N-dealkylation sites (tertiary alicyclic amines) is 1. The van der Waals surface area contributed by atoms with Crippen LogP contribution in [0, 0.1) is 6.92 Å². The van der Waals surface area contributed by atoms with E-state index in [4.69, 9.17) is 13.9 Å². The molecule has 8 nitrogen and oxygen atoms in total. The van der Waals surface area contributed by atoms with Crippen LogP contribution in [0.4, 0.5) is 0 Å². The summed E-state index contributed by atoms with van der Waals surface area (Å²) in [7, 11) is 1.77. The summed E-state index contributed by atoms with van der Waals surface area (Å²) in [4.78, 5) is 19.0. The Morgan fingerprint density at radius 3 is 2.68 bits per heavy atom. The third-order valence-corrected chi connectivity index (χ3v) is 6.46. The van der Waals surface area contributed by atoms with Gasteiger partial charge < -0.3 is 24.1 Å². The van der Waals surface area contributed by atoms with E-state index in [0.717, 1.165) is 31.6 Å². The fraction of sp³-hybridized carbons (Fsp3) is 0.545. The molecule has 2 aromatic rings. The molecule has 1 aromatic carbocycles. The van der Waals surface area contributed by atoms with Crippen LogP contribution in [0.25, 0.3) is 11.5 Å². The van der Waals surface area contributed by atoms with E-state index < -0.39 is 10.8 Å². The number of carbonyl (C=O) groups is 1. The van der Waals surface area contributed by atoms with Crippen molar-refractivity contribution >= 4 is 16.7 Å². The van der Waals surface area contributed by atoms with Crippen LogP contribution in [0.1, 0.15) is 30.7 Å². The molecule has 1 amide bonds. The van der Waals surface area contributed by atoms with Gasteiger partial charge in [-0.05, 0) is 64.0 Å². The number of nitrogens with one attached hydrogen (secondary N) is 1. The number of aryl methyl sites for hydroxylation is 1. The number of nitrogens with zero attached hydrogens (tertiary/aromatic N) is 2. The minimum Gasteiger partial charge on any atom is -0.493 e. The third kappa shape index (κ3) is 6.54. The molecular weight excluding hydrogens is 418 g/mol. The molecule has 0 spiro atoms. The molecule has 9 heteroatoms. The van der Waals surface area contributed by atoms with Crippen LogP contribution >= 0.6 is 0 Å². The summed E-state index contributed by atoms with van der Waals surface area (Å²) >= 11 is 0. The lowest BCUT2D eigenvalue weighted by Gasteiger charge is -2.14. The number of hydrogen-bond donors (Lipinski definition) is 1. The molecule has 0 radical (unpaired) electrons. The average Bonchev–Trinajstić information content (AvgIpc) is 3.40. The van der Waals surface area contributed by atoms with Crippen molar-refractivity contribution < 1.29 is 22.9 Å². The second-order valence-electron chi connectivity index (χ2n) is 7.57. The number of hydrogen-bond acceptors (Lipinski definition) is 7. The molecule has 1 aromatic heterocycles. The zero-order valence-corrected chi connectivity index (χ0v) is 19.3. The number of ether oxygens (including phenoxy) is 2. The number of methoxy groups -OCH3 is 2. The molecule has 1 N–H and O–H groups in total. The first-order valence-electron chi connectivity index (χ1n) is 10.5. The summed E-state index contributed by atoms with van der Waals surface area (Å²) in [5, 5.41) is 2.86. The highest BCUT2D eigenvalue weighted by atomic mass is 32.2. The van der Waals surface area contributed by atoms with E-state index in [1.54, 1.807) is 33.3 Å². The predicted octanol–water partition coefficient (Wildman–Crippen LogP) is 2.52. The maximum atomic E-state index is 12.5. The Balaban J connectivity index is 1.50. The molecule has 0 aliphatic carbocycles. The van der Waals surface area contributed by atoms with Crippen molar-refractivity contribution in [3.05, 3.63) is 29.7 Å². The second-order valence-corrected chi connectivity index (χ2v) is 9.03. The molecule has 0 bridgehead atoms. The van der Waals surface area contributed by atoms with Crippen LogP contribution in [0.15, 0.2) is 22.6 Å². The summed E-state index contributed by atoms with van der Waals surface area (Å²) in [5.74, 6) is 2.12. The van der Waals surface area contributed by atoms with Gasteiger partial charge in [-0.15, -0.1) is 0 Å². The summed E-state index contributed by atoms with van der Waals surface area (Å²) in [6, 6.07) is 5.38. The van der Waals surface area contributed by atoms with E-state index >= 15 is 0 Å². The topological polar surface area (TPSA) is 93.9 Å². The highest BCUT2D eigenvalue weighted by molar-refractivity contribution is 7.84. The van der Waals surface area contributed by atoms with Crippen LogP contribution in [0.2, 0.25) is 0 Å². The van der Waals surface area contributed by atoms with Gasteiger partial charge in [0, 0.05) is 22.9 Å². The van der Waals surface area contributed by atoms with E-state index in [0.29, 0.717) is 35.4 Å². The number of carbonyl (C=O) groups excluding carboxylic acids is 1. The Morgan fingerprint density at radius 2 is 1.97 bits per heavy atom. The Hall–Kier alpha value is -2.39. The first-order chi connectivity index (χ1) is 15.0. The lowest BCUT2D eigenvalue weighted by Crippen LogP contribution is -2.31. The van der Waals surface area contributed by atoms with Gasteiger partial charge >= 0.3 is 0 Å². The number of rotatable bonds is 11. The summed E-state index contributed by atoms with van der Waals surface area (Å²) < 4.78 is 28.8. The molecule has 2 heterocycles. The Labute approximate surface area is 185 Å². The Morgan fingerprint density at radius 1 is 1.23 bits per heavy atom. The quantitative estimate of drug-likeness (QED) is 0.527. The minimum atomic E-state index is -1.36. The molecule has 3 rings (SSSR count). The van der Waals surface area contributed by atoms with E-state index in [9.17, 15) is 9.00 Å². The van der Waals surface area contributed by atoms with Gasteiger partial charge in [-0.2, -0.15) is 0 Å². The fourth-order valence-corrected chi connectivity index (χ4v) is 4.66. The lowest BCUT2D eigenvalue weighted by molar-refractivity contribution is -0.118. The van der Waals surface area contributed by atoms with Crippen LogP contribution in [0.5, 0.6) is 11.5 Å². The minimum absolute atomic E-state index is 0.0400. The van der Waals surface area contributed by atoms with Gasteiger partial charge in [0.2, 0.25) is 11.8 Å². The maximum absolute atomic E-state index is 12.5. The van der Waals surface area contributed by atoms with Crippen molar-refractivity contribution in [2.75, 3.05) is 46.2 Å². The van der Waals surface area contributed by atoms with Crippen LogP contribution in [0.3, 0.4) is 0 Å². The van der Waals surface area contributed by atoms with Gasteiger partial charge in [0.1, 0.15) is 11.5 Å². The smallest absolute Gasteiger partial charge is 0.232 e. The largest absolute Gasteiger partial charge is 0.493 e. The van der Waals surface area contributed by atoms with E-state index in [1.165, 1.54) is 12.8 Å². The summed E-state index contributed by atoms with van der Waals surface area (Å²) in [5.41, 5.74) is 1.32. The normalized spacial score (nSPS) is 15.1. The van der Waals surface area contributed by atoms with Gasteiger partial charge in [0.05, 0.1) is 25.7 Å². The summed E-state index contributed by atoms with van der Waals surface area (Å²) in [6.07, 6.45) is 3.44. The van der Waals surface area contributed by atoms with Crippen LogP contribution in [-0.2, 0) is 21.3 Å². The van der Waals surface area contributed by atoms with Gasteiger partial charge in [0.25, 0.3) is 0 Å². The second kappa shape index (κ2) is 11.3. The van der Waals surface area contributed by atoms with E-state index in [2.05, 4.69) is 15.2 Å². The molecule has 1 atom stereocenters. The average molecular weight is 450 g/mol. The highest BCUT2D eigenvalue weighted by Crippen LogP contribution is 2.32. The molecule has 1 aliphatic heterocycles. The first-order valence-corrected chi connectivity index (χ1v) is 12.0. The molecule has 31 heavy (non-hydrogen) atoms. The molecule has 1 fully saturated rings. The van der Waals surface area contributed by atoms with Crippen molar-refractivity contribution in [3.8, 4) is 23.0 Å². The number of oxazole rings is 1. The standard InChI is InChI=1S/C22H31N3O5S/c1-16-18(24-22(30-16)17-7-8-19(28-2)20(13-17)29-3)14-31(27)15-21(26)23-9-6-12-25-10-4-5-11-25/h7-8,13H,4-6,9-12,14-15H2,1-3H3,(H,23,26)/t31-/m0/s1. The van der Waals surface area contributed by atoms with E-state index in [-0.39, 0.29) is 17.4 Å². The molecule has 0 saturated carbocycles. The van der Waals surface area contributed by atoms with Gasteiger partial charge in [-0.1, -0.05) is 0 Å². The monoisotopic (exact) mass is 449 g/mol. The van der Waals surface area contributed by atoms with Crippen molar-refractivity contribution in [2.45, 2.75) is 31.9 Å². The van der Waals surface area contributed by atoms with Crippen molar-refractivity contribution in [1.29, 1.82) is 0 Å². The molecule has 1 aliphatic rings. The summed E-state index contributed by atoms with van der Waals surface area (Å²) in [6.45, 7) is 5.70. The molecular formula is C22H31N3O5S. The number of benzene rings is 1.